The van der Waals surface area contributed by atoms with E-state index < -0.39 is 0 Å². The van der Waals surface area contributed by atoms with Gasteiger partial charge in [0.05, 0.1) is 5.54 Å². The van der Waals surface area contributed by atoms with Crippen LogP contribution in [0.5, 0.6) is 0 Å². The standard InChI is InChI=1S/C11H17NO3/c1-8(13)15-7-11-4-3-9(12(11)2)5-10(14)6-11/h9H,3-7H2,1-2H3. The number of fused-ring (bicyclic) bond motifs is 2. The van der Waals surface area contributed by atoms with Crippen LogP contribution in [0.3, 0.4) is 0 Å². The average molecular weight is 211 g/mol. The number of ketones is 1. The number of esters is 1. The molecule has 0 saturated carbocycles. The molecule has 2 atom stereocenters. The maximum absolute atomic E-state index is 11.6. The van der Waals surface area contributed by atoms with Gasteiger partial charge in [0.1, 0.15) is 12.4 Å². The highest BCUT2D eigenvalue weighted by molar-refractivity contribution is 5.82. The molecule has 2 bridgehead atoms. The number of piperidine rings is 1. The van der Waals surface area contributed by atoms with E-state index in [1.165, 1.54) is 6.92 Å². The zero-order valence-corrected chi connectivity index (χ0v) is 9.28. The third kappa shape index (κ3) is 1.78. The van der Waals surface area contributed by atoms with E-state index in [-0.39, 0.29) is 11.5 Å². The van der Waals surface area contributed by atoms with Crippen molar-refractivity contribution in [3.8, 4) is 0 Å². The van der Waals surface area contributed by atoms with Gasteiger partial charge in [-0.2, -0.15) is 0 Å². The zero-order valence-electron chi connectivity index (χ0n) is 9.28. The number of carbonyl (C=O) groups excluding carboxylic acids is 2. The quantitative estimate of drug-likeness (QED) is 0.632. The Kier molecular flexibility index (Phi) is 2.54. The van der Waals surface area contributed by atoms with Gasteiger partial charge in [0, 0.05) is 25.8 Å². The largest absolute Gasteiger partial charge is 0.464 e. The first-order chi connectivity index (χ1) is 7.03. The first kappa shape index (κ1) is 10.6. The van der Waals surface area contributed by atoms with Gasteiger partial charge >= 0.3 is 5.97 Å². The third-order valence-electron chi connectivity index (χ3n) is 3.77. The molecular weight excluding hydrogens is 194 g/mol. The smallest absolute Gasteiger partial charge is 0.302 e. The van der Waals surface area contributed by atoms with Gasteiger partial charge in [-0.25, -0.2) is 0 Å². The van der Waals surface area contributed by atoms with E-state index in [1.54, 1.807) is 0 Å². The molecule has 84 valence electrons. The molecule has 2 aliphatic heterocycles. The molecule has 4 nitrogen and oxygen atoms in total. The van der Waals surface area contributed by atoms with Crippen LogP contribution in [-0.4, -0.2) is 41.9 Å². The lowest BCUT2D eigenvalue weighted by Crippen LogP contribution is -2.53. The van der Waals surface area contributed by atoms with Crippen molar-refractivity contribution in [2.75, 3.05) is 13.7 Å². The molecule has 0 aromatic heterocycles. The predicted octanol–water partition coefficient (Wildman–Crippen LogP) is 0.745. The number of nitrogens with zero attached hydrogens (tertiary/aromatic N) is 1. The summed E-state index contributed by atoms with van der Waals surface area (Å²) in [6.07, 6.45) is 3.21. The maximum Gasteiger partial charge on any atom is 0.302 e. The van der Waals surface area contributed by atoms with Gasteiger partial charge in [-0.1, -0.05) is 0 Å². The molecular formula is C11H17NO3. The Hall–Kier alpha value is -0.900. The number of likely N-dealkylation sites (N-methyl/N-ethyl adjacent to an activating group) is 1. The Labute approximate surface area is 89.6 Å². The van der Waals surface area contributed by atoms with Gasteiger partial charge < -0.3 is 4.74 Å². The molecule has 0 aliphatic carbocycles. The Morgan fingerprint density at radius 1 is 1.67 bits per heavy atom. The Bertz CT molecular complexity index is 302. The number of ether oxygens (including phenoxy) is 1. The highest BCUT2D eigenvalue weighted by Gasteiger charge is 2.50. The van der Waals surface area contributed by atoms with Crippen LogP contribution >= 0.6 is 0 Å². The summed E-state index contributed by atoms with van der Waals surface area (Å²) in [5.41, 5.74) is -0.203. The van der Waals surface area contributed by atoms with Gasteiger partial charge in [0.2, 0.25) is 0 Å². The van der Waals surface area contributed by atoms with Crippen LogP contribution in [0.1, 0.15) is 32.6 Å². The first-order valence-electron chi connectivity index (χ1n) is 5.41. The second-order valence-corrected chi connectivity index (χ2v) is 4.73. The van der Waals surface area contributed by atoms with Crippen LogP contribution in [0.2, 0.25) is 0 Å². The number of rotatable bonds is 2. The third-order valence-corrected chi connectivity index (χ3v) is 3.77. The molecule has 0 N–H and O–H groups in total. The van der Waals surface area contributed by atoms with Crippen LogP contribution in [-0.2, 0) is 14.3 Å². The Morgan fingerprint density at radius 3 is 3.07 bits per heavy atom. The highest BCUT2D eigenvalue weighted by atomic mass is 16.5. The summed E-state index contributed by atoms with van der Waals surface area (Å²) in [5.74, 6) is 0.0435. The van der Waals surface area contributed by atoms with Crippen molar-refractivity contribution in [2.45, 2.75) is 44.2 Å². The van der Waals surface area contributed by atoms with Crippen LogP contribution in [0.25, 0.3) is 0 Å². The van der Waals surface area contributed by atoms with Crippen LogP contribution < -0.4 is 0 Å². The molecule has 2 heterocycles. The fourth-order valence-corrected chi connectivity index (χ4v) is 2.81. The summed E-state index contributed by atoms with van der Waals surface area (Å²) in [7, 11) is 2.04. The molecule has 0 amide bonds. The number of hydrogen-bond acceptors (Lipinski definition) is 4. The summed E-state index contributed by atoms with van der Waals surface area (Å²) in [4.78, 5) is 24.6. The second-order valence-electron chi connectivity index (χ2n) is 4.73. The fourth-order valence-electron chi connectivity index (χ4n) is 2.81. The normalized spacial score (nSPS) is 35.6. The van der Waals surface area contributed by atoms with Crippen LogP contribution in [0.4, 0.5) is 0 Å². The van der Waals surface area contributed by atoms with E-state index in [0.29, 0.717) is 31.3 Å². The zero-order chi connectivity index (χ0) is 11.1. The van der Waals surface area contributed by atoms with E-state index in [4.69, 9.17) is 4.74 Å². The minimum Gasteiger partial charge on any atom is -0.464 e. The molecule has 0 aromatic carbocycles. The van der Waals surface area contributed by atoms with Crippen molar-refractivity contribution in [1.82, 2.24) is 4.90 Å². The van der Waals surface area contributed by atoms with Crippen molar-refractivity contribution < 1.29 is 14.3 Å². The molecule has 0 radical (unpaired) electrons. The van der Waals surface area contributed by atoms with Gasteiger partial charge in [0.25, 0.3) is 0 Å². The van der Waals surface area contributed by atoms with Crippen molar-refractivity contribution in [3.63, 3.8) is 0 Å². The van der Waals surface area contributed by atoms with Crippen LogP contribution in [0, 0.1) is 0 Å². The van der Waals surface area contributed by atoms with Gasteiger partial charge in [0.15, 0.2) is 0 Å². The summed E-state index contributed by atoms with van der Waals surface area (Å²) in [6, 6.07) is 0.363. The highest BCUT2D eigenvalue weighted by Crippen LogP contribution is 2.41. The van der Waals surface area contributed by atoms with Crippen molar-refractivity contribution in [1.29, 1.82) is 0 Å². The SMILES string of the molecule is CC(=O)OCC12CCC(CC(=O)C1)N2C. The monoisotopic (exact) mass is 211 g/mol. The summed E-state index contributed by atoms with van der Waals surface area (Å²) >= 11 is 0. The Balaban J connectivity index is 2.10. The maximum atomic E-state index is 11.6. The molecule has 0 spiro atoms. The summed E-state index contributed by atoms with van der Waals surface area (Å²) in [5, 5.41) is 0. The number of carbonyl (C=O) groups is 2. The van der Waals surface area contributed by atoms with Gasteiger partial charge in [-0.3, -0.25) is 14.5 Å². The molecule has 0 aromatic rings. The molecule has 4 heteroatoms. The molecule has 2 rings (SSSR count). The van der Waals surface area contributed by atoms with Crippen LogP contribution in [0.15, 0.2) is 0 Å². The lowest BCUT2D eigenvalue weighted by molar-refractivity contribution is -0.148. The van der Waals surface area contributed by atoms with Crippen molar-refractivity contribution >= 4 is 11.8 Å². The topological polar surface area (TPSA) is 46.6 Å². The lowest BCUT2D eigenvalue weighted by Gasteiger charge is -2.41. The van der Waals surface area contributed by atoms with E-state index in [0.717, 1.165) is 12.8 Å². The van der Waals surface area contributed by atoms with Gasteiger partial charge in [-0.15, -0.1) is 0 Å². The van der Waals surface area contributed by atoms with E-state index in [1.807, 2.05) is 7.05 Å². The average Bonchev–Trinajstić information content (AvgIpc) is 2.36. The van der Waals surface area contributed by atoms with Gasteiger partial charge in [-0.05, 0) is 19.9 Å². The van der Waals surface area contributed by atoms with E-state index in [2.05, 4.69) is 4.90 Å². The molecule has 2 fully saturated rings. The minimum atomic E-state index is -0.265. The lowest BCUT2D eigenvalue weighted by atomic mass is 9.89. The molecule has 2 saturated heterocycles. The molecule has 2 aliphatic rings. The molecule has 2 unspecified atom stereocenters. The first-order valence-corrected chi connectivity index (χ1v) is 5.41. The summed E-state index contributed by atoms with van der Waals surface area (Å²) < 4.78 is 5.09. The number of hydrogen-bond donors (Lipinski definition) is 0. The molecule has 15 heavy (non-hydrogen) atoms. The van der Waals surface area contributed by atoms with E-state index >= 15 is 0 Å². The second kappa shape index (κ2) is 3.59. The van der Waals surface area contributed by atoms with Crippen molar-refractivity contribution in [2.24, 2.45) is 0 Å². The Morgan fingerprint density at radius 2 is 2.40 bits per heavy atom. The minimum absolute atomic E-state index is 0.203. The number of Topliss-reactive ketones (excluding diaryl/α,β-unsaturated/α-hetero) is 1. The fraction of sp³-hybridized carbons (Fsp3) is 0.818. The van der Waals surface area contributed by atoms with E-state index in [9.17, 15) is 9.59 Å². The summed E-state index contributed by atoms with van der Waals surface area (Å²) in [6.45, 7) is 1.77. The van der Waals surface area contributed by atoms with Crippen molar-refractivity contribution in [3.05, 3.63) is 0 Å². The predicted molar refractivity (Wildman–Crippen MR) is 54.4 cm³/mol.